The Bertz CT molecular complexity index is 670. The van der Waals surface area contributed by atoms with E-state index in [9.17, 15) is 4.79 Å². The van der Waals surface area contributed by atoms with Crippen LogP contribution in [0.1, 0.15) is 10.4 Å². The molecule has 0 atom stereocenters. The average molecular weight is 275 g/mol. The first-order valence-electron chi connectivity index (χ1n) is 5.73. The number of hydrogen-bond acceptors (Lipinski definition) is 3. The zero-order valence-electron chi connectivity index (χ0n) is 10.2. The molecule has 0 aliphatic carbocycles. The van der Waals surface area contributed by atoms with E-state index in [4.69, 9.17) is 16.3 Å². The van der Waals surface area contributed by atoms with Gasteiger partial charge in [0.2, 0.25) is 0 Å². The highest BCUT2D eigenvalue weighted by molar-refractivity contribution is 6.31. The number of carbonyl (C=O) groups is 1. The van der Waals surface area contributed by atoms with Crippen LogP contribution >= 0.6 is 11.6 Å². The van der Waals surface area contributed by atoms with Crippen molar-refractivity contribution in [2.45, 2.75) is 0 Å². The van der Waals surface area contributed by atoms with E-state index in [1.807, 2.05) is 12.1 Å². The van der Waals surface area contributed by atoms with Crippen LogP contribution in [0, 0.1) is 0 Å². The Morgan fingerprint density at radius 1 is 1.00 bits per heavy atom. The Labute approximate surface area is 115 Å². The van der Waals surface area contributed by atoms with Crippen molar-refractivity contribution in [3.63, 3.8) is 0 Å². The largest absolute Gasteiger partial charge is 0.497 e. The summed E-state index contributed by atoms with van der Waals surface area (Å²) in [5.74, 6) is 0.446. The third kappa shape index (κ3) is 2.11. The second-order valence-corrected chi connectivity index (χ2v) is 4.62. The maximum absolute atomic E-state index is 12.2. The fraction of sp³-hybridized carbons (Fsp3) is 0.0714. The number of methoxy groups -OCH3 is 1. The van der Waals surface area contributed by atoms with Gasteiger partial charge in [-0.05, 0) is 36.4 Å². The summed E-state index contributed by atoms with van der Waals surface area (Å²) >= 11 is 5.94. The van der Waals surface area contributed by atoms with Crippen molar-refractivity contribution in [1.82, 2.24) is 0 Å². The van der Waals surface area contributed by atoms with Crippen molar-refractivity contribution >= 4 is 34.6 Å². The van der Waals surface area contributed by atoms with Crippen LogP contribution in [-0.2, 0) is 0 Å². The average Bonchev–Trinajstić information content (AvgIpc) is 2.54. The molecular weight excluding hydrogens is 264 g/mol. The van der Waals surface area contributed by atoms with Gasteiger partial charge >= 0.3 is 0 Å². The normalized spacial score (nSPS) is 12.6. The molecular formula is C14H11ClN2O2. The summed E-state index contributed by atoms with van der Waals surface area (Å²) in [6.45, 7) is 0. The quantitative estimate of drug-likeness (QED) is 0.834. The number of hydrogen-bond donors (Lipinski definition) is 2. The van der Waals surface area contributed by atoms with Crippen molar-refractivity contribution in [2.75, 3.05) is 17.7 Å². The van der Waals surface area contributed by atoms with E-state index in [-0.39, 0.29) is 5.91 Å². The van der Waals surface area contributed by atoms with Gasteiger partial charge in [-0.25, -0.2) is 0 Å². The lowest BCUT2D eigenvalue weighted by Crippen LogP contribution is -2.10. The number of halogens is 1. The van der Waals surface area contributed by atoms with Crippen LogP contribution in [0.2, 0.25) is 5.02 Å². The number of benzene rings is 2. The zero-order valence-corrected chi connectivity index (χ0v) is 10.9. The number of carbonyl (C=O) groups excluding carboxylic acids is 1. The van der Waals surface area contributed by atoms with Crippen molar-refractivity contribution in [3.8, 4) is 5.75 Å². The minimum absolute atomic E-state index is 0.192. The molecule has 2 aromatic carbocycles. The van der Waals surface area contributed by atoms with Crippen LogP contribution in [0.15, 0.2) is 36.4 Å². The van der Waals surface area contributed by atoms with Gasteiger partial charge in [-0.3, -0.25) is 4.79 Å². The molecule has 96 valence electrons. The van der Waals surface area contributed by atoms with Crippen molar-refractivity contribution in [2.24, 2.45) is 0 Å². The molecule has 0 bridgehead atoms. The van der Waals surface area contributed by atoms with Crippen LogP contribution in [0.4, 0.5) is 17.1 Å². The van der Waals surface area contributed by atoms with E-state index in [1.165, 1.54) is 0 Å². The smallest absolute Gasteiger partial charge is 0.257 e. The van der Waals surface area contributed by atoms with Gasteiger partial charge in [0.1, 0.15) is 5.75 Å². The molecule has 19 heavy (non-hydrogen) atoms. The molecule has 0 fully saturated rings. The third-order valence-electron chi connectivity index (χ3n) is 2.97. The predicted octanol–water partition coefficient (Wildman–Crippen LogP) is 3.66. The Kier molecular flexibility index (Phi) is 2.80. The molecule has 5 heteroatoms. The van der Waals surface area contributed by atoms with Crippen LogP contribution in [0.25, 0.3) is 0 Å². The molecule has 0 radical (unpaired) electrons. The summed E-state index contributed by atoms with van der Waals surface area (Å²) in [7, 11) is 1.57. The SMILES string of the molecule is COc1ccc2c(c1)C(=O)Nc1cc(Cl)ccc1N2. The number of fused-ring (bicyclic) bond motifs is 2. The lowest BCUT2D eigenvalue weighted by molar-refractivity contribution is 0.102. The Morgan fingerprint density at radius 2 is 1.79 bits per heavy atom. The molecule has 4 nitrogen and oxygen atoms in total. The summed E-state index contributed by atoms with van der Waals surface area (Å²) < 4.78 is 5.14. The molecule has 0 saturated heterocycles. The first-order chi connectivity index (χ1) is 9.17. The standard InChI is InChI=1S/C14H11ClN2O2/c1-19-9-3-5-11-10(7-9)14(18)17-13-6-8(15)2-4-12(13)16-11/h2-7,16H,1H3,(H,17,18). The van der Waals surface area contributed by atoms with Crippen LogP contribution < -0.4 is 15.4 Å². The minimum atomic E-state index is -0.192. The molecule has 1 aliphatic rings. The monoisotopic (exact) mass is 274 g/mol. The predicted molar refractivity (Wildman–Crippen MR) is 75.7 cm³/mol. The van der Waals surface area contributed by atoms with Crippen molar-refractivity contribution < 1.29 is 9.53 Å². The minimum Gasteiger partial charge on any atom is -0.497 e. The summed E-state index contributed by atoms with van der Waals surface area (Å²) in [6.07, 6.45) is 0. The summed E-state index contributed by atoms with van der Waals surface area (Å²) in [5, 5.41) is 6.62. The molecule has 0 spiro atoms. The summed E-state index contributed by atoms with van der Waals surface area (Å²) in [4.78, 5) is 12.2. The highest BCUT2D eigenvalue weighted by atomic mass is 35.5. The zero-order chi connectivity index (χ0) is 13.4. The second-order valence-electron chi connectivity index (χ2n) is 4.18. The van der Waals surface area contributed by atoms with Crippen LogP contribution in [0.5, 0.6) is 5.75 Å². The molecule has 0 unspecified atom stereocenters. The van der Waals surface area contributed by atoms with Gasteiger partial charge in [0.15, 0.2) is 0 Å². The van der Waals surface area contributed by atoms with E-state index in [2.05, 4.69) is 10.6 Å². The molecule has 1 heterocycles. The van der Waals surface area contributed by atoms with Crippen LogP contribution in [0.3, 0.4) is 0 Å². The van der Waals surface area contributed by atoms with E-state index in [0.29, 0.717) is 22.0 Å². The highest BCUT2D eigenvalue weighted by Crippen LogP contribution is 2.34. The fourth-order valence-electron chi connectivity index (χ4n) is 2.01. The first kappa shape index (κ1) is 11.9. The number of amides is 1. The number of nitrogens with one attached hydrogen (secondary N) is 2. The van der Waals surface area contributed by atoms with Gasteiger partial charge in [-0.15, -0.1) is 0 Å². The summed E-state index contributed by atoms with van der Waals surface area (Å²) in [6, 6.07) is 10.6. The lowest BCUT2D eigenvalue weighted by Gasteiger charge is -2.09. The van der Waals surface area contributed by atoms with Gasteiger partial charge in [0, 0.05) is 5.02 Å². The summed E-state index contributed by atoms with van der Waals surface area (Å²) in [5.41, 5.74) is 2.74. The first-order valence-corrected chi connectivity index (χ1v) is 6.11. The van der Waals surface area contributed by atoms with Gasteiger partial charge in [0.05, 0.1) is 29.7 Å². The molecule has 2 aromatic rings. The van der Waals surface area contributed by atoms with Gasteiger partial charge in [-0.2, -0.15) is 0 Å². The van der Waals surface area contributed by atoms with E-state index in [0.717, 1.165) is 11.4 Å². The Hall–Kier alpha value is -2.20. The molecule has 0 aromatic heterocycles. The molecule has 0 saturated carbocycles. The Balaban J connectivity index is 2.12. The molecule has 1 amide bonds. The van der Waals surface area contributed by atoms with Crippen LogP contribution in [-0.4, -0.2) is 13.0 Å². The van der Waals surface area contributed by atoms with E-state index in [1.54, 1.807) is 31.4 Å². The van der Waals surface area contributed by atoms with Gasteiger partial charge in [0.25, 0.3) is 5.91 Å². The van der Waals surface area contributed by atoms with Gasteiger partial charge in [-0.1, -0.05) is 11.6 Å². The lowest BCUT2D eigenvalue weighted by atomic mass is 10.1. The highest BCUT2D eigenvalue weighted by Gasteiger charge is 2.19. The molecule has 1 aliphatic heterocycles. The number of ether oxygens (including phenoxy) is 1. The Morgan fingerprint density at radius 3 is 2.58 bits per heavy atom. The number of rotatable bonds is 1. The molecule has 3 rings (SSSR count). The van der Waals surface area contributed by atoms with E-state index >= 15 is 0 Å². The fourth-order valence-corrected chi connectivity index (χ4v) is 2.18. The molecule has 2 N–H and O–H groups in total. The third-order valence-corrected chi connectivity index (χ3v) is 3.21. The van der Waals surface area contributed by atoms with Crippen molar-refractivity contribution in [3.05, 3.63) is 47.0 Å². The van der Waals surface area contributed by atoms with Crippen molar-refractivity contribution in [1.29, 1.82) is 0 Å². The van der Waals surface area contributed by atoms with E-state index < -0.39 is 0 Å². The maximum Gasteiger partial charge on any atom is 0.257 e. The second kappa shape index (κ2) is 4.48. The maximum atomic E-state index is 12.2. The number of anilines is 3. The topological polar surface area (TPSA) is 50.4 Å². The van der Waals surface area contributed by atoms with Gasteiger partial charge < -0.3 is 15.4 Å².